The molecule has 0 bridgehead atoms. The van der Waals surface area contributed by atoms with Gasteiger partial charge in [0.25, 0.3) is 5.91 Å². The summed E-state index contributed by atoms with van der Waals surface area (Å²) in [4.78, 5) is 25.1. The van der Waals surface area contributed by atoms with Crippen molar-refractivity contribution in [3.05, 3.63) is 0 Å². The largest absolute Gasteiger partial charge is 0.335 e. The molecule has 3 amide bonds. The minimum Gasteiger partial charge on any atom is -0.335 e. The molecule has 0 radical (unpaired) electrons. The smallest absolute Gasteiger partial charge is 0.321 e. The van der Waals surface area contributed by atoms with Gasteiger partial charge in [-0.2, -0.15) is 0 Å². The van der Waals surface area contributed by atoms with Gasteiger partial charge in [-0.1, -0.05) is 19.3 Å². The van der Waals surface area contributed by atoms with Crippen LogP contribution in [0.5, 0.6) is 0 Å². The standard InChI is InChI=1S/C14H25N3O2/c1-11(17-9-5-6-10-17)13(18)16-14(19)15-12-7-3-2-4-8-12/h11-12H,2-10H2,1H3,(H2,15,16,18,19)/p+1/t11-/m0/s1. The molecule has 0 unspecified atom stereocenters. The van der Waals surface area contributed by atoms with Crippen LogP contribution >= 0.6 is 0 Å². The third kappa shape index (κ3) is 4.20. The molecule has 5 nitrogen and oxygen atoms in total. The van der Waals surface area contributed by atoms with Crippen molar-refractivity contribution in [2.45, 2.75) is 64.0 Å². The van der Waals surface area contributed by atoms with Gasteiger partial charge >= 0.3 is 6.03 Å². The van der Waals surface area contributed by atoms with Crippen LogP contribution < -0.4 is 15.5 Å². The van der Waals surface area contributed by atoms with Crippen LogP contribution in [0.25, 0.3) is 0 Å². The van der Waals surface area contributed by atoms with Gasteiger partial charge in [0.1, 0.15) is 0 Å². The van der Waals surface area contributed by atoms with Crippen LogP contribution in [0.2, 0.25) is 0 Å². The fraction of sp³-hybridized carbons (Fsp3) is 0.857. The van der Waals surface area contributed by atoms with E-state index in [9.17, 15) is 9.59 Å². The van der Waals surface area contributed by atoms with Crippen LogP contribution in [-0.4, -0.2) is 37.1 Å². The lowest BCUT2D eigenvalue weighted by atomic mass is 9.96. The summed E-state index contributed by atoms with van der Waals surface area (Å²) in [5, 5.41) is 5.41. The van der Waals surface area contributed by atoms with Gasteiger partial charge < -0.3 is 10.2 Å². The highest BCUT2D eigenvalue weighted by molar-refractivity contribution is 5.96. The molecule has 1 saturated carbocycles. The minimum atomic E-state index is -0.317. The lowest BCUT2D eigenvalue weighted by molar-refractivity contribution is -0.901. The Balaban J connectivity index is 1.72. The van der Waals surface area contributed by atoms with Crippen LogP contribution in [0.4, 0.5) is 4.79 Å². The number of urea groups is 1. The quantitative estimate of drug-likeness (QED) is 0.685. The Morgan fingerprint density at radius 2 is 1.68 bits per heavy atom. The SMILES string of the molecule is C[C@@H](C(=O)NC(=O)NC1CCCCC1)[NH+]1CCCC1. The lowest BCUT2D eigenvalue weighted by Crippen LogP contribution is -3.15. The molecule has 19 heavy (non-hydrogen) atoms. The van der Waals surface area contributed by atoms with E-state index in [0.29, 0.717) is 0 Å². The molecule has 1 atom stereocenters. The molecule has 0 aromatic heterocycles. The van der Waals surface area contributed by atoms with Crippen molar-refractivity contribution in [1.82, 2.24) is 10.6 Å². The number of carbonyl (C=O) groups excluding carboxylic acids is 2. The average molecular weight is 268 g/mol. The number of nitrogens with one attached hydrogen (secondary N) is 3. The van der Waals surface area contributed by atoms with E-state index < -0.39 is 0 Å². The first-order valence-electron chi connectivity index (χ1n) is 7.63. The number of hydrogen-bond acceptors (Lipinski definition) is 2. The Morgan fingerprint density at radius 3 is 2.32 bits per heavy atom. The second-order valence-electron chi connectivity index (χ2n) is 5.88. The number of hydrogen-bond donors (Lipinski definition) is 3. The Hall–Kier alpha value is -1.10. The zero-order valence-electron chi connectivity index (χ0n) is 11.8. The molecular weight excluding hydrogens is 242 g/mol. The summed E-state index contributed by atoms with van der Waals surface area (Å²) >= 11 is 0. The predicted octanol–water partition coefficient (Wildman–Crippen LogP) is 0.212. The minimum absolute atomic E-state index is 0.125. The third-order valence-electron chi connectivity index (χ3n) is 4.43. The maximum absolute atomic E-state index is 12.0. The second kappa shape index (κ2) is 6.89. The fourth-order valence-corrected chi connectivity index (χ4v) is 3.14. The van der Waals surface area contributed by atoms with Gasteiger partial charge in [0, 0.05) is 18.9 Å². The van der Waals surface area contributed by atoms with Gasteiger partial charge in [-0.15, -0.1) is 0 Å². The lowest BCUT2D eigenvalue weighted by Gasteiger charge is -2.24. The molecule has 2 rings (SSSR count). The molecule has 0 aromatic rings. The summed E-state index contributed by atoms with van der Waals surface area (Å²) in [6, 6.07) is -0.196. The highest BCUT2D eigenvalue weighted by Crippen LogP contribution is 2.17. The van der Waals surface area contributed by atoms with Crippen molar-refractivity contribution in [2.24, 2.45) is 0 Å². The first-order valence-corrected chi connectivity index (χ1v) is 7.63. The molecule has 5 heteroatoms. The fourth-order valence-electron chi connectivity index (χ4n) is 3.14. The van der Waals surface area contributed by atoms with Crippen LogP contribution in [0.3, 0.4) is 0 Å². The van der Waals surface area contributed by atoms with Crippen molar-refractivity contribution >= 4 is 11.9 Å². The number of likely N-dealkylation sites (tertiary alicyclic amines) is 1. The van der Waals surface area contributed by atoms with Gasteiger partial charge in [0.05, 0.1) is 13.1 Å². The third-order valence-corrected chi connectivity index (χ3v) is 4.43. The first-order chi connectivity index (χ1) is 9.16. The monoisotopic (exact) mass is 268 g/mol. The summed E-state index contributed by atoms with van der Waals surface area (Å²) in [5.74, 6) is -0.148. The maximum Gasteiger partial charge on any atom is 0.321 e. The van der Waals surface area contributed by atoms with Gasteiger partial charge in [-0.3, -0.25) is 10.1 Å². The van der Waals surface area contributed by atoms with E-state index in [1.807, 2.05) is 6.92 Å². The number of rotatable bonds is 3. The highest BCUT2D eigenvalue weighted by atomic mass is 16.2. The van der Waals surface area contributed by atoms with E-state index in [0.717, 1.165) is 25.9 Å². The summed E-state index contributed by atoms with van der Waals surface area (Å²) in [6.07, 6.45) is 8.04. The van der Waals surface area contributed by atoms with E-state index in [4.69, 9.17) is 0 Å². The highest BCUT2D eigenvalue weighted by Gasteiger charge is 2.29. The molecule has 2 aliphatic rings. The van der Waals surface area contributed by atoms with Crippen molar-refractivity contribution in [2.75, 3.05) is 13.1 Å². The molecule has 2 fully saturated rings. The van der Waals surface area contributed by atoms with Gasteiger partial charge in [-0.05, 0) is 19.8 Å². The number of quaternary nitrogens is 1. The molecule has 108 valence electrons. The van der Waals surface area contributed by atoms with Crippen molar-refractivity contribution in [1.29, 1.82) is 0 Å². The Kier molecular flexibility index (Phi) is 5.19. The number of imide groups is 1. The van der Waals surface area contributed by atoms with E-state index in [-0.39, 0.29) is 24.0 Å². The zero-order valence-corrected chi connectivity index (χ0v) is 11.8. The van der Waals surface area contributed by atoms with E-state index in [1.165, 1.54) is 37.0 Å². The van der Waals surface area contributed by atoms with Crippen LogP contribution in [0.15, 0.2) is 0 Å². The second-order valence-corrected chi connectivity index (χ2v) is 5.88. The van der Waals surface area contributed by atoms with Crippen molar-refractivity contribution in [3.63, 3.8) is 0 Å². The zero-order chi connectivity index (χ0) is 13.7. The molecule has 1 aliphatic carbocycles. The molecule has 3 N–H and O–H groups in total. The number of amides is 3. The topological polar surface area (TPSA) is 62.6 Å². The Bertz CT molecular complexity index is 321. The molecule has 1 saturated heterocycles. The van der Waals surface area contributed by atoms with E-state index in [2.05, 4.69) is 10.6 Å². The van der Waals surface area contributed by atoms with Crippen LogP contribution in [0, 0.1) is 0 Å². The Labute approximate surface area is 115 Å². The van der Waals surface area contributed by atoms with E-state index in [1.54, 1.807) is 0 Å². The number of carbonyl (C=O) groups is 2. The molecule has 1 heterocycles. The van der Waals surface area contributed by atoms with E-state index >= 15 is 0 Å². The molecule has 0 aromatic carbocycles. The first kappa shape index (κ1) is 14.3. The van der Waals surface area contributed by atoms with Crippen molar-refractivity contribution < 1.29 is 14.5 Å². The van der Waals surface area contributed by atoms with Gasteiger partial charge in [0.15, 0.2) is 6.04 Å². The van der Waals surface area contributed by atoms with Gasteiger partial charge in [0.2, 0.25) is 0 Å². The molecule has 1 aliphatic heterocycles. The summed E-state index contributed by atoms with van der Waals surface area (Å²) in [6.45, 7) is 3.99. The normalized spacial score (nSPS) is 23.0. The van der Waals surface area contributed by atoms with Crippen LogP contribution in [0.1, 0.15) is 51.9 Å². The summed E-state index contributed by atoms with van der Waals surface area (Å²) < 4.78 is 0. The van der Waals surface area contributed by atoms with Gasteiger partial charge in [-0.25, -0.2) is 4.79 Å². The summed E-state index contributed by atoms with van der Waals surface area (Å²) in [7, 11) is 0. The average Bonchev–Trinajstić information content (AvgIpc) is 2.92. The Morgan fingerprint density at radius 1 is 1.05 bits per heavy atom. The molecular formula is C14H26N3O2+. The van der Waals surface area contributed by atoms with Crippen molar-refractivity contribution in [3.8, 4) is 0 Å². The summed E-state index contributed by atoms with van der Waals surface area (Å²) in [5.41, 5.74) is 0. The molecule has 0 spiro atoms. The predicted molar refractivity (Wildman–Crippen MR) is 72.9 cm³/mol. The maximum atomic E-state index is 12.0. The van der Waals surface area contributed by atoms with Crippen LogP contribution in [-0.2, 0) is 4.79 Å².